The first kappa shape index (κ1) is 19.6. The van der Waals surface area contributed by atoms with Gasteiger partial charge in [-0.2, -0.15) is 4.98 Å². The monoisotopic (exact) mass is 384 g/mol. The van der Waals surface area contributed by atoms with Gasteiger partial charge in [0.15, 0.2) is 0 Å². The van der Waals surface area contributed by atoms with Crippen LogP contribution in [0.15, 0.2) is 33.6 Å². The van der Waals surface area contributed by atoms with E-state index in [1.165, 1.54) is 4.57 Å². The maximum Gasteiger partial charge on any atom is 0.267 e. The SMILES string of the molecule is CCc1noc2nc(C)n(CC(=O)NCc3ccc(OC(C)C)cc3)c(=O)c12. The first-order valence-electron chi connectivity index (χ1n) is 9.27. The molecule has 0 aliphatic carbocycles. The van der Waals surface area contributed by atoms with Crippen molar-refractivity contribution in [1.82, 2.24) is 20.0 Å². The van der Waals surface area contributed by atoms with Gasteiger partial charge in [-0.3, -0.25) is 14.2 Å². The van der Waals surface area contributed by atoms with Crippen LogP contribution in [0.2, 0.25) is 0 Å². The maximum absolute atomic E-state index is 12.8. The predicted octanol–water partition coefficient (Wildman–Crippen LogP) is 2.36. The van der Waals surface area contributed by atoms with Crippen LogP contribution in [-0.4, -0.2) is 26.7 Å². The van der Waals surface area contributed by atoms with Crippen LogP contribution in [0.3, 0.4) is 0 Å². The number of rotatable bonds is 7. The highest BCUT2D eigenvalue weighted by molar-refractivity contribution is 5.78. The number of carbonyl (C=O) groups excluding carboxylic acids is 1. The van der Waals surface area contributed by atoms with E-state index in [9.17, 15) is 9.59 Å². The lowest BCUT2D eigenvalue weighted by Crippen LogP contribution is -2.33. The largest absolute Gasteiger partial charge is 0.491 e. The molecule has 0 atom stereocenters. The van der Waals surface area contributed by atoms with Gasteiger partial charge in [-0.15, -0.1) is 0 Å². The van der Waals surface area contributed by atoms with Crippen molar-refractivity contribution in [3.63, 3.8) is 0 Å². The number of ether oxygens (including phenoxy) is 1. The van der Waals surface area contributed by atoms with E-state index in [1.54, 1.807) is 6.92 Å². The van der Waals surface area contributed by atoms with Gasteiger partial charge < -0.3 is 14.6 Å². The van der Waals surface area contributed by atoms with Crippen LogP contribution < -0.4 is 15.6 Å². The minimum atomic E-state index is -0.314. The topological polar surface area (TPSA) is 99.2 Å². The fourth-order valence-corrected chi connectivity index (χ4v) is 2.88. The van der Waals surface area contributed by atoms with Crippen LogP contribution >= 0.6 is 0 Å². The molecule has 0 spiro atoms. The molecule has 0 radical (unpaired) electrons. The molecule has 0 aliphatic heterocycles. The Labute approximate surface area is 162 Å². The lowest BCUT2D eigenvalue weighted by Gasteiger charge is -2.11. The van der Waals surface area contributed by atoms with Crippen LogP contribution in [0.1, 0.15) is 37.9 Å². The van der Waals surface area contributed by atoms with E-state index in [1.807, 2.05) is 45.0 Å². The van der Waals surface area contributed by atoms with Crippen molar-refractivity contribution in [2.45, 2.75) is 53.3 Å². The minimum Gasteiger partial charge on any atom is -0.491 e. The molecule has 0 saturated heterocycles. The summed E-state index contributed by atoms with van der Waals surface area (Å²) in [4.78, 5) is 29.4. The van der Waals surface area contributed by atoms with Crippen LogP contribution in [0.25, 0.3) is 11.1 Å². The van der Waals surface area contributed by atoms with E-state index < -0.39 is 0 Å². The Hall–Kier alpha value is -3.16. The Bertz CT molecular complexity index is 1030. The molecule has 2 aromatic heterocycles. The minimum absolute atomic E-state index is 0.108. The molecule has 3 rings (SSSR count). The van der Waals surface area contributed by atoms with Crippen molar-refractivity contribution in [2.75, 3.05) is 0 Å². The van der Waals surface area contributed by atoms with Gasteiger partial charge in [-0.1, -0.05) is 24.2 Å². The van der Waals surface area contributed by atoms with Crippen LogP contribution in [0.5, 0.6) is 5.75 Å². The Morgan fingerprint density at radius 1 is 1.29 bits per heavy atom. The molecule has 2 heterocycles. The standard InChI is InChI=1S/C20H24N4O4/c1-5-16-18-19(28-23-16)22-13(4)24(20(18)26)11-17(25)21-10-14-6-8-15(9-7-14)27-12(2)3/h6-9,12H,5,10-11H2,1-4H3,(H,21,25). The van der Waals surface area contributed by atoms with Gasteiger partial charge >= 0.3 is 0 Å². The lowest BCUT2D eigenvalue weighted by atomic mass is 10.2. The number of nitrogens with one attached hydrogen (secondary N) is 1. The zero-order chi connectivity index (χ0) is 20.3. The van der Waals surface area contributed by atoms with Crippen molar-refractivity contribution in [3.05, 3.63) is 51.7 Å². The van der Waals surface area contributed by atoms with Crippen molar-refractivity contribution in [3.8, 4) is 5.75 Å². The summed E-state index contributed by atoms with van der Waals surface area (Å²) in [6.07, 6.45) is 0.659. The molecule has 1 aromatic carbocycles. The number of benzene rings is 1. The van der Waals surface area contributed by atoms with Crippen molar-refractivity contribution >= 4 is 17.0 Å². The van der Waals surface area contributed by atoms with Gasteiger partial charge in [-0.05, 0) is 44.9 Å². The zero-order valence-corrected chi connectivity index (χ0v) is 16.5. The summed E-state index contributed by atoms with van der Waals surface area (Å²) in [6, 6.07) is 7.53. The highest BCUT2D eigenvalue weighted by atomic mass is 16.5. The molecule has 1 amide bonds. The van der Waals surface area contributed by atoms with Crippen LogP contribution in [0, 0.1) is 6.92 Å². The molecule has 0 bridgehead atoms. The molecular formula is C20H24N4O4. The molecular weight excluding hydrogens is 360 g/mol. The summed E-state index contributed by atoms with van der Waals surface area (Å²) in [6.45, 7) is 7.72. The average molecular weight is 384 g/mol. The quantitative estimate of drug-likeness (QED) is 0.671. The molecule has 0 unspecified atom stereocenters. The molecule has 28 heavy (non-hydrogen) atoms. The number of aromatic nitrogens is 3. The fourth-order valence-electron chi connectivity index (χ4n) is 2.88. The van der Waals surface area contributed by atoms with Crippen LogP contribution in [0.4, 0.5) is 0 Å². The fraction of sp³-hybridized carbons (Fsp3) is 0.400. The number of hydrogen-bond donors (Lipinski definition) is 1. The highest BCUT2D eigenvalue weighted by Gasteiger charge is 2.17. The third-order valence-electron chi connectivity index (χ3n) is 4.28. The third kappa shape index (κ3) is 4.21. The number of hydrogen-bond acceptors (Lipinski definition) is 6. The Balaban J connectivity index is 1.69. The molecule has 0 saturated carbocycles. The highest BCUT2D eigenvalue weighted by Crippen LogP contribution is 2.14. The molecule has 0 aliphatic rings. The van der Waals surface area contributed by atoms with Gasteiger partial charge in [-0.25, -0.2) is 0 Å². The van der Waals surface area contributed by atoms with Gasteiger partial charge in [0.05, 0.1) is 11.8 Å². The van der Waals surface area contributed by atoms with E-state index in [-0.39, 0.29) is 29.8 Å². The first-order valence-corrected chi connectivity index (χ1v) is 9.27. The molecule has 148 valence electrons. The van der Waals surface area contributed by atoms with Gasteiger partial charge in [0, 0.05) is 6.54 Å². The second-order valence-corrected chi connectivity index (χ2v) is 6.80. The second-order valence-electron chi connectivity index (χ2n) is 6.80. The van der Waals surface area contributed by atoms with Crippen molar-refractivity contribution in [2.24, 2.45) is 0 Å². The lowest BCUT2D eigenvalue weighted by molar-refractivity contribution is -0.121. The number of fused-ring (bicyclic) bond motifs is 1. The normalized spacial score (nSPS) is 11.2. The van der Waals surface area contributed by atoms with Crippen molar-refractivity contribution < 1.29 is 14.1 Å². The summed E-state index contributed by atoms with van der Waals surface area (Å²) < 4.78 is 12.1. The number of amides is 1. The van der Waals surface area contributed by atoms with Gasteiger partial charge in [0.25, 0.3) is 11.3 Å². The molecule has 3 aromatic rings. The summed E-state index contributed by atoms with van der Waals surface area (Å²) in [5.41, 5.74) is 1.38. The predicted molar refractivity (Wildman–Crippen MR) is 104 cm³/mol. The Morgan fingerprint density at radius 3 is 2.64 bits per heavy atom. The molecule has 1 N–H and O–H groups in total. The summed E-state index contributed by atoms with van der Waals surface area (Å²) in [5.74, 6) is 0.914. The van der Waals surface area contributed by atoms with E-state index in [0.717, 1.165) is 11.3 Å². The smallest absolute Gasteiger partial charge is 0.267 e. The summed E-state index contributed by atoms with van der Waals surface area (Å²) in [5, 5.41) is 7.04. The van der Waals surface area contributed by atoms with Gasteiger partial charge in [0.2, 0.25) is 5.91 Å². The van der Waals surface area contributed by atoms with E-state index in [2.05, 4.69) is 15.5 Å². The number of nitrogens with zero attached hydrogens (tertiary/aromatic N) is 3. The number of carbonyl (C=O) groups is 1. The molecule has 8 nitrogen and oxygen atoms in total. The maximum atomic E-state index is 12.8. The molecule has 0 fully saturated rings. The first-order chi connectivity index (χ1) is 13.4. The summed E-state index contributed by atoms with van der Waals surface area (Å²) >= 11 is 0. The second kappa shape index (κ2) is 8.24. The summed E-state index contributed by atoms with van der Waals surface area (Å²) in [7, 11) is 0. The Morgan fingerprint density at radius 2 is 2.00 bits per heavy atom. The van der Waals surface area contributed by atoms with E-state index >= 15 is 0 Å². The van der Waals surface area contributed by atoms with Crippen molar-refractivity contribution in [1.29, 1.82) is 0 Å². The Kier molecular flexibility index (Phi) is 5.77. The van der Waals surface area contributed by atoms with E-state index in [4.69, 9.17) is 9.26 Å². The zero-order valence-electron chi connectivity index (χ0n) is 16.5. The third-order valence-corrected chi connectivity index (χ3v) is 4.28. The number of aryl methyl sites for hydroxylation is 2. The average Bonchev–Trinajstić information content (AvgIpc) is 3.07. The molecule has 8 heteroatoms. The van der Waals surface area contributed by atoms with Gasteiger partial charge in [0.1, 0.15) is 23.5 Å². The van der Waals surface area contributed by atoms with E-state index in [0.29, 0.717) is 29.9 Å². The van der Waals surface area contributed by atoms with Crippen LogP contribution in [-0.2, 0) is 24.3 Å².